The van der Waals surface area contributed by atoms with Crippen LogP contribution in [0.25, 0.3) is 11.3 Å². The summed E-state index contributed by atoms with van der Waals surface area (Å²) in [4.78, 5) is 13.8. The van der Waals surface area contributed by atoms with Crippen LogP contribution in [0.1, 0.15) is 70.9 Å². The molecular formula is C29H42FN7. The van der Waals surface area contributed by atoms with Crippen molar-refractivity contribution < 1.29 is 4.39 Å². The van der Waals surface area contributed by atoms with Gasteiger partial charge in [0.25, 0.3) is 0 Å². The lowest BCUT2D eigenvalue weighted by molar-refractivity contribution is 0.204. The van der Waals surface area contributed by atoms with Gasteiger partial charge in [0, 0.05) is 48.8 Å². The number of nitrogens with zero attached hydrogens (tertiary/aromatic N) is 6. The molecule has 0 aliphatic carbocycles. The van der Waals surface area contributed by atoms with Gasteiger partial charge in [-0.15, -0.1) is 0 Å². The lowest BCUT2D eigenvalue weighted by Gasteiger charge is -2.38. The van der Waals surface area contributed by atoms with E-state index in [4.69, 9.17) is 4.98 Å². The minimum atomic E-state index is -0.220. The van der Waals surface area contributed by atoms with Gasteiger partial charge in [-0.25, -0.2) is 14.4 Å². The average molecular weight is 508 g/mol. The second kappa shape index (κ2) is 12.5. The summed E-state index contributed by atoms with van der Waals surface area (Å²) in [7, 11) is 2.24. The third kappa shape index (κ3) is 6.86. The molecule has 0 atom stereocenters. The van der Waals surface area contributed by atoms with Crippen LogP contribution in [0.3, 0.4) is 0 Å². The highest BCUT2D eigenvalue weighted by atomic mass is 19.1. The fourth-order valence-electron chi connectivity index (χ4n) is 5.03. The minimum absolute atomic E-state index is 0.220. The molecule has 2 aromatic heterocycles. The van der Waals surface area contributed by atoms with Gasteiger partial charge < -0.3 is 15.1 Å². The number of aryl methyl sites for hydroxylation is 1. The number of benzene rings is 1. The highest BCUT2D eigenvalue weighted by Gasteiger charge is 2.24. The smallest absolute Gasteiger partial charge is 0.227 e. The van der Waals surface area contributed by atoms with Crippen LogP contribution in [0.5, 0.6) is 0 Å². The molecule has 3 heterocycles. The molecule has 0 unspecified atom stereocenters. The molecule has 0 saturated carbocycles. The molecule has 1 aliphatic heterocycles. The second-order valence-corrected chi connectivity index (χ2v) is 10.6. The zero-order chi connectivity index (χ0) is 26.4. The molecule has 4 rings (SSSR count). The van der Waals surface area contributed by atoms with E-state index >= 15 is 4.39 Å². The van der Waals surface area contributed by atoms with Crippen LogP contribution in [-0.4, -0.2) is 57.4 Å². The number of hydrogen-bond donors (Lipinski definition) is 1. The quantitative estimate of drug-likeness (QED) is 0.295. The molecule has 3 aromatic rings. The third-order valence-corrected chi connectivity index (χ3v) is 7.37. The molecule has 0 radical (unpaired) electrons. The summed E-state index contributed by atoms with van der Waals surface area (Å²) < 4.78 is 17.1. The van der Waals surface area contributed by atoms with Gasteiger partial charge in [-0.2, -0.15) is 5.10 Å². The standard InChI is InChI=1S/C29H42FN7/c1-6-7-8-9-14-35(5)25-12-15-36(16-13-25)27-11-10-24(17-26(27)30)33-29-31-18-22(4)28(34-29)23-19-32-37(20-23)21(2)3/h10-11,17-21,25H,6-9,12-16H2,1-5H3,(H,31,33,34). The van der Waals surface area contributed by atoms with Crippen LogP contribution in [0.2, 0.25) is 0 Å². The van der Waals surface area contributed by atoms with E-state index in [-0.39, 0.29) is 11.9 Å². The zero-order valence-electron chi connectivity index (χ0n) is 23.0. The number of nitrogens with one attached hydrogen (secondary N) is 1. The van der Waals surface area contributed by atoms with Crippen LogP contribution < -0.4 is 10.2 Å². The maximum absolute atomic E-state index is 15.2. The first-order chi connectivity index (χ1) is 17.9. The summed E-state index contributed by atoms with van der Waals surface area (Å²) in [5.41, 5.74) is 4.02. The Hall–Kier alpha value is -3.00. The number of anilines is 3. The number of halogens is 1. The summed E-state index contributed by atoms with van der Waals surface area (Å²) in [6.45, 7) is 11.3. The SMILES string of the molecule is CCCCCCN(C)C1CCN(c2ccc(Nc3ncc(C)c(-c4cnn(C(C)C)c4)n3)cc2F)CC1. The summed E-state index contributed by atoms with van der Waals surface area (Å²) >= 11 is 0. The number of piperidine rings is 1. The predicted octanol–water partition coefficient (Wildman–Crippen LogP) is 6.59. The largest absolute Gasteiger partial charge is 0.369 e. The molecular weight excluding hydrogens is 465 g/mol. The van der Waals surface area contributed by atoms with E-state index < -0.39 is 0 Å². The van der Waals surface area contributed by atoms with Gasteiger partial charge in [-0.05, 0) is 77.4 Å². The first-order valence-electron chi connectivity index (χ1n) is 13.8. The van der Waals surface area contributed by atoms with Gasteiger partial charge in [0.15, 0.2) is 0 Å². The van der Waals surface area contributed by atoms with E-state index in [1.807, 2.05) is 36.1 Å². The van der Waals surface area contributed by atoms with Crippen molar-refractivity contribution in [1.29, 1.82) is 0 Å². The van der Waals surface area contributed by atoms with Crippen molar-refractivity contribution in [3.8, 4) is 11.3 Å². The third-order valence-electron chi connectivity index (χ3n) is 7.37. The highest BCUT2D eigenvalue weighted by Crippen LogP contribution is 2.29. The number of aromatic nitrogens is 4. The molecule has 1 N–H and O–H groups in total. The molecule has 200 valence electrons. The molecule has 1 fully saturated rings. The zero-order valence-corrected chi connectivity index (χ0v) is 23.0. The van der Waals surface area contributed by atoms with E-state index in [0.29, 0.717) is 23.4 Å². The molecule has 37 heavy (non-hydrogen) atoms. The molecule has 1 aromatic carbocycles. The van der Waals surface area contributed by atoms with Gasteiger partial charge in [0.2, 0.25) is 5.95 Å². The van der Waals surface area contributed by atoms with Gasteiger partial charge in [0.1, 0.15) is 5.82 Å². The number of unbranched alkanes of at least 4 members (excludes halogenated alkanes) is 3. The summed E-state index contributed by atoms with van der Waals surface area (Å²) in [5, 5.41) is 7.60. The van der Waals surface area contributed by atoms with Crippen molar-refractivity contribution in [3.05, 3.63) is 48.2 Å². The van der Waals surface area contributed by atoms with Crippen LogP contribution >= 0.6 is 0 Å². The first kappa shape index (κ1) is 27.0. The maximum atomic E-state index is 15.2. The Morgan fingerprint density at radius 2 is 1.92 bits per heavy atom. The summed E-state index contributed by atoms with van der Waals surface area (Å²) in [6, 6.07) is 6.18. The molecule has 0 spiro atoms. The summed E-state index contributed by atoms with van der Waals surface area (Å²) in [6.07, 6.45) is 12.9. The number of hydrogen-bond acceptors (Lipinski definition) is 6. The molecule has 1 aliphatic rings. The van der Waals surface area contributed by atoms with Crippen molar-refractivity contribution in [2.24, 2.45) is 0 Å². The van der Waals surface area contributed by atoms with Gasteiger partial charge >= 0.3 is 0 Å². The van der Waals surface area contributed by atoms with Crippen molar-refractivity contribution >= 4 is 17.3 Å². The fraction of sp³-hybridized carbons (Fsp3) is 0.552. The van der Waals surface area contributed by atoms with Crippen molar-refractivity contribution in [2.45, 2.75) is 78.3 Å². The fourth-order valence-corrected chi connectivity index (χ4v) is 5.03. The van der Waals surface area contributed by atoms with Gasteiger partial charge in [-0.1, -0.05) is 26.2 Å². The lowest BCUT2D eigenvalue weighted by Crippen LogP contribution is -2.44. The minimum Gasteiger partial charge on any atom is -0.369 e. The van der Waals surface area contributed by atoms with Gasteiger partial charge in [-0.3, -0.25) is 4.68 Å². The van der Waals surface area contributed by atoms with E-state index in [1.165, 1.54) is 25.7 Å². The topological polar surface area (TPSA) is 62.1 Å². The van der Waals surface area contributed by atoms with E-state index in [9.17, 15) is 0 Å². The van der Waals surface area contributed by atoms with Gasteiger partial charge in [0.05, 0.1) is 17.6 Å². The first-order valence-corrected chi connectivity index (χ1v) is 13.8. The maximum Gasteiger partial charge on any atom is 0.227 e. The molecule has 8 heteroatoms. The highest BCUT2D eigenvalue weighted by molar-refractivity contribution is 5.65. The Bertz CT molecular complexity index is 1150. The molecule has 7 nitrogen and oxygen atoms in total. The molecule has 0 bridgehead atoms. The molecule has 1 saturated heterocycles. The Morgan fingerprint density at radius 1 is 1.14 bits per heavy atom. The van der Waals surface area contributed by atoms with E-state index in [2.05, 4.69) is 53.0 Å². The van der Waals surface area contributed by atoms with E-state index in [1.54, 1.807) is 12.3 Å². The Balaban J connectivity index is 1.37. The van der Waals surface area contributed by atoms with Crippen molar-refractivity contribution in [1.82, 2.24) is 24.6 Å². The summed E-state index contributed by atoms with van der Waals surface area (Å²) in [5.74, 6) is 0.217. The lowest BCUT2D eigenvalue weighted by atomic mass is 10.0. The van der Waals surface area contributed by atoms with E-state index in [0.717, 1.165) is 49.3 Å². The van der Waals surface area contributed by atoms with Crippen molar-refractivity contribution in [3.63, 3.8) is 0 Å². The predicted molar refractivity (Wildman–Crippen MR) is 150 cm³/mol. The Kier molecular flexibility index (Phi) is 9.14. The van der Waals surface area contributed by atoms with Crippen LogP contribution in [0, 0.1) is 12.7 Å². The number of rotatable bonds is 11. The Morgan fingerprint density at radius 3 is 2.59 bits per heavy atom. The van der Waals surface area contributed by atoms with Crippen LogP contribution in [-0.2, 0) is 0 Å². The van der Waals surface area contributed by atoms with Crippen molar-refractivity contribution in [2.75, 3.05) is 36.9 Å². The normalized spacial score (nSPS) is 14.6. The Labute approximate surface area is 221 Å². The van der Waals surface area contributed by atoms with Crippen LogP contribution in [0.4, 0.5) is 21.7 Å². The second-order valence-electron chi connectivity index (χ2n) is 10.6. The monoisotopic (exact) mass is 507 g/mol. The average Bonchev–Trinajstić information content (AvgIpc) is 3.39. The van der Waals surface area contributed by atoms with Crippen LogP contribution in [0.15, 0.2) is 36.8 Å². The molecule has 0 amide bonds.